The van der Waals surface area contributed by atoms with Crippen molar-refractivity contribution < 1.29 is 9.59 Å². The first-order valence-electron chi connectivity index (χ1n) is 9.46. The minimum atomic E-state index is -0.0898. The molecule has 1 aliphatic heterocycles. The molecule has 5 nitrogen and oxygen atoms in total. The van der Waals surface area contributed by atoms with Gasteiger partial charge in [0.15, 0.2) is 0 Å². The summed E-state index contributed by atoms with van der Waals surface area (Å²) in [4.78, 5) is 27.0. The van der Waals surface area contributed by atoms with Gasteiger partial charge in [0, 0.05) is 17.9 Å². The standard InChI is InChI=1S/C22H27N3O2/c1-16-11-17(2)13-20(12-16)23-21(26)15-25-10-6-7-18(14-25)22(27)24-19-8-4-3-5-9-19/h3-5,8-9,11-13,18H,6-7,10,14-15H2,1-2H3,(H,23,26)(H,24,27). The van der Waals surface area contributed by atoms with E-state index in [0.717, 1.165) is 41.9 Å². The Morgan fingerprint density at radius 1 is 1.00 bits per heavy atom. The topological polar surface area (TPSA) is 61.4 Å². The highest BCUT2D eigenvalue weighted by atomic mass is 16.2. The predicted molar refractivity (Wildman–Crippen MR) is 109 cm³/mol. The van der Waals surface area contributed by atoms with Crippen LogP contribution < -0.4 is 10.6 Å². The number of anilines is 2. The molecule has 2 aromatic carbocycles. The molecule has 0 aliphatic carbocycles. The van der Waals surface area contributed by atoms with Crippen molar-refractivity contribution in [3.05, 3.63) is 59.7 Å². The van der Waals surface area contributed by atoms with Gasteiger partial charge in [-0.2, -0.15) is 0 Å². The van der Waals surface area contributed by atoms with Gasteiger partial charge in [-0.3, -0.25) is 14.5 Å². The number of amides is 2. The molecule has 2 N–H and O–H groups in total. The second-order valence-corrected chi connectivity index (χ2v) is 7.35. The number of likely N-dealkylation sites (tertiary alicyclic amines) is 1. The van der Waals surface area contributed by atoms with Crippen molar-refractivity contribution in [1.29, 1.82) is 0 Å². The Morgan fingerprint density at radius 3 is 2.41 bits per heavy atom. The fraction of sp³-hybridized carbons (Fsp3) is 0.364. The number of aryl methyl sites for hydroxylation is 2. The van der Waals surface area contributed by atoms with Crippen LogP contribution in [0.15, 0.2) is 48.5 Å². The van der Waals surface area contributed by atoms with Crippen molar-refractivity contribution in [3.8, 4) is 0 Å². The molecule has 0 bridgehead atoms. The molecule has 27 heavy (non-hydrogen) atoms. The largest absolute Gasteiger partial charge is 0.326 e. The highest BCUT2D eigenvalue weighted by Crippen LogP contribution is 2.19. The number of carbonyl (C=O) groups excluding carboxylic acids is 2. The molecule has 0 radical (unpaired) electrons. The first kappa shape index (κ1) is 19.1. The lowest BCUT2D eigenvalue weighted by Crippen LogP contribution is -2.44. The molecule has 1 heterocycles. The van der Waals surface area contributed by atoms with Gasteiger partial charge < -0.3 is 10.6 Å². The molecule has 0 saturated carbocycles. The van der Waals surface area contributed by atoms with E-state index in [1.807, 2.05) is 56.3 Å². The lowest BCUT2D eigenvalue weighted by molar-refractivity contribution is -0.123. The van der Waals surface area contributed by atoms with Crippen LogP contribution in [0, 0.1) is 19.8 Å². The highest BCUT2D eigenvalue weighted by molar-refractivity contribution is 5.93. The number of carbonyl (C=O) groups is 2. The van der Waals surface area contributed by atoms with Crippen molar-refractivity contribution in [1.82, 2.24) is 4.90 Å². The van der Waals surface area contributed by atoms with Crippen molar-refractivity contribution >= 4 is 23.2 Å². The first-order chi connectivity index (χ1) is 13.0. The molecule has 1 atom stereocenters. The third-order valence-corrected chi connectivity index (χ3v) is 4.79. The van der Waals surface area contributed by atoms with Gasteiger partial charge in [-0.25, -0.2) is 0 Å². The maximum absolute atomic E-state index is 12.5. The van der Waals surface area contributed by atoms with Crippen molar-refractivity contribution in [3.63, 3.8) is 0 Å². The van der Waals surface area contributed by atoms with Gasteiger partial charge in [0.05, 0.1) is 12.5 Å². The Bertz CT molecular complexity index is 784. The summed E-state index contributed by atoms with van der Waals surface area (Å²) in [5.41, 5.74) is 3.89. The lowest BCUT2D eigenvalue weighted by Gasteiger charge is -2.31. The summed E-state index contributed by atoms with van der Waals surface area (Å²) in [6.07, 6.45) is 1.78. The normalized spacial score (nSPS) is 17.3. The third kappa shape index (κ3) is 5.66. The van der Waals surface area contributed by atoms with Crippen LogP contribution in [0.25, 0.3) is 0 Å². The Hall–Kier alpha value is -2.66. The molecule has 2 aromatic rings. The quantitative estimate of drug-likeness (QED) is 0.851. The molecule has 0 aromatic heterocycles. The Labute approximate surface area is 160 Å². The zero-order valence-corrected chi connectivity index (χ0v) is 16.0. The van der Waals surface area contributed by atoms with E-state index in [1.165, 1.54) is 0 Å². The van der Waals surface area contributed by atoms with E-state index in [-0.39, 0.29) is 17.7 Å². The first-order valence-corrected chi connectivity index (χ1v) is 9.46. The molecule has 1 unspecified atom stereocenters. The van der Waals surface area contributed by atoms with E-state index in [0.29, 0.717) is 13.1 Å². The number of rotatable bonds is 5. The summed E-state index contributed by atoms with van der Waals surface area (Å²) >= 11 is 0. The Kier molecular flexibility index (Phi) is 6.24. The Balaban J connectivity index is 1.53. The van der Waals surface area contributed by atoms with Crippen LogP contribution in [0.5, 0.6) is 0 Å². The second-order valence-electron chi connectivity index (χ2n) is 7.35. The summed E-state index contributed by atoms with van der Waals surface area (Å²) in [5, 5.41) is 5.95. The van der Waals surface area contributed by atoms with Crippen LogP contribution in [0.1, 0.15) is 24.0 Å². The third-order valence-electron chi connectivity index (χ3n) is 4.79. The van der Waals surface area contributed by atoms with Crippen molar-refractivity contribution in [2.45, 2.75) is 26.7 Å². The number of benzene rings is 2. The fourth-order valence-corrected chi connectivity index (χ4v) is 3.63. The number of nitrogens with zero attached hydrogens (tertiary/aromatic N) is 1. The maximum atomic E-state index is 12.5. The van der Waals surface area contributed by atoms with Crippen molar-refractivity contribution in [2.75, 3.05) is 30.3 Å². The molecule has 2 amide bonds. The molecule has 0 spiro atoms. The minimum Gasteiger partial charge on any atom is -0.326 e. The van der Waals surface area contributed by atoms with E-state index in [2.05, 4.69) is 21.6 Å². The Morgan fingerprint density at radius 2 is 1.70 bits per heavy atom. The van der Waals surface area contributed by atoms with E-state index >= 15 is 0 Å². The molecular weight excluding hydrogens is 338 g/mol. The molecule has 1 aliphatic rings. The zero-order chi connectivity index (χ0) is 19.2. The highest BCUT2D eigenvalue weighted by Gasteiger charge is 2.26. The predicted octanol–water partition coefficient (Wildman–Crippen LogP) is 3.59. The monoisotopic (exact) mass is 365 g/mol. The van der Waals surface area contributed by atoms with Crippen LogP contribution >= 0.6 is 0 Å². The SMILES string of the molecule is Cc1cc(C)cc(NC(=O)CN2CCCC(C(=O)Nc3ccccc3)C2)c1. The van der Waals surface area contributed by atoms with E-state index < -0.39 is 0 Å². The summed E-state index contributed by atoms with van der Waals surface area (Å²) < 4.78 is 0. The molecule has 1 fully saturated rings. The van der Waals surface area contributed by atoms with Gasteiger partial charge in [-0.15, -0.1) is 0 Å². The summed E-state index contributed by atoms with van der Waals surface area (Å²) in [6, 6.07) is 15.5. The number of hydrogen-bond donors (Lipinski definition) is 2. The van der Waals surface area contributed by atoms with Gasteiger partial charge in [0.25, 0.3) is 0 Å². The summed E-state index contributed by atoms with van der Waals surface area (Å²) in [5.74, 6) is -0.0993. The van der Waals surface area contributed by atoms with Crippen molar-refractivity contribution in [2.24, 2.45) is 5.92 Å². The van der Waals surface area contributed by atoms with Crippen LogP contribution in [0.3, 0.4) is 0 Å². The maximum Gasteiger partial charge on any atom is 0.238 e. The minimum absolute atomic E-state index is 0.0283. The van der Waals surface area contributed by atoms with Gasteiger partial charge in [-0.1, -0.05) is 24.3 Å². The summed E-state index contributed by atoms with van der Waals surface area (Å²) in [6.45, 7) is 5.79. The molecule has 5 heteroatoms. The molecular formula is C22H27N3O2. The summed E-state index contributed by atoms with van der Waals surface area (Å²) in [7, 11) is 0. The van der Waals surface area contributed by atoms with Crippen LogP contribution in [0.2, 0.25) is 0 Å². The zero-order valence-electron chi connectivity index (χ0n) is 16.0. The fourth-order valence-electron chi connectivity index (χ4n) is 3.63. The number of nitrogens with one attached hydrogen (secondary N) is 2. The average molecular weight is 365 g/mol. The van der Waals surface area contributed by atoms with E-state index in [1.54, 1.807) is 0 Å². The van der Waals surface area contributed by atoms with Crippen LogP contribution in [0.4, 0.5) is 11.4 Å². The van der Waals surface area contributed by atoms with Gasteiger partial charge in [0.2, 0.25) is 11.8 Å². The smallest absolute Gasteiger partial charge is 0.238 e. The molecule has 142 valence electrons. The van der Waals surface area contributed by atoms with Crippen LogP contribution in [-0.2, 0) is 9.59 Å². The number of para-hydroxylation sites is 1. The number of piperidine rings is 1. The molecule has 1 saturated heterocycles. The average Bonchev–Trinajstić information content (AvgIpc) is 2.61. The van der Waals surface area contributed by atoms with Gasteiger partial charge in [-0.05, 0) is 68.6 Å². The second kappa shape index (κ2) is 8.82. The van der Waals surface area contributed by atoms with E-state index in [4.69, 9.17) is 0 Å². The molecule has 3 rings (SSSR count). The number of hydrogen-bond acceptors (Lipinski definition) is 3. The lowest BCUT2D eigenvalue weighted by atomic mass is 9.97. The van der Waals surface area contributed by atoms with Crippen LogP contribution in [-0.4, -0.2) is 36.3 Å². The van der Waals surface area contributed by atoms with Gasteiger partial charge in [0.1, 0.15) is 0 Å². The van der Waals surface area contributed by atoms with E-state index in [9.17, 15) is 9.59 Å². The van der Waals surface area contributed by atoms with Gasteiger partial charge >= 0.3 is 0 Å².